The second kappa shape index (κ2) is 12.9. The van der Waals surface area contributed by atoms with Crippen LogP contribution < -0.4 is 14.4 Å². The number of carbonyl (C=O) groups excluding carboxylic acids is 2. The molecule has 198 valence electrons. The summed E-state index contributed by atoms with van der Waals surface area (Å²) < 4.78 is 31.6. The van der Waals surface area contributed by atoms with Gasteiger partial charge in [-0.05, 0) is 50.1 Å². The molecule has 36 heavy (non-hydrogen) atoms. The van der Waals surface area contributed by atoms with Crippen molar-refractivity contribution in [1.82, 2.24) is 10.2 Å². The van der Waals surface area contributed by atoms with Crippen LogP contribution in [0, 0.1) is 0 Å². The number of halogens is 3. The number of ether oxygens (including phenoxy) is 1. The van der Waals surface area contributed by atoms with E-state index >= 15 is 0 Å². The van der Waals surface area contributed by atoms with Gasteiger partial charge in [0, 0.05) is 12.6 Å². The Labute approximate surface area is 227 Å². The molecular weight excluding hydrogens is 549 g/mol. The number of nitrogens with zero attached hydrogens (tertiary/aromatic N) is 2. The Balaban J connectivity index is 2.52. The normalized spacial score (nSPS) is 12.2. The second-order valence-electron chi connectivity index (χ2n) is 8.45. The van der Waals surface area contributed by atoms with Crippen molar-refractivity contribution in [1.29, 1.82) is 0 Å². The van der Waals surface area contributed by atoms with Crippen LogP contribution in [-0.4, -0.2) is 57.1 Å². The van der Waals surface area contributed by atoms with Crippen LogP contribution in [0.5, 0.6) is 5.75 Å². The maximum absolute atomic E-state index is 13.7. The van der Waals surface area contributed by atoms with E-state index in [9.17, 15) is 18.0 Å². The fraction of sp³-hybridized carbons (Fsp3) is 0.417. The molecule has 0 saturated carbocycles. The van der Waals surface area contributed by atoms with Crippen molar-refractivity contribution in [2.45, 2.75) is 45.8 Å². The van der Waals surface area contributed by atoms with Crippen LogP contribution in [-0.2, 0) is 26.2 Å². The number of benzene rings is 2. The summed E-state index contributed by atoms with van der Waals surface area (Å²) in [6, 6.07) is 8.66. The van der Waals surface area contributed by atoms with E-state index in [2.05, 4.69) is 5.32 Å². The molecule has 0 aromatic heterocycles. The molecule has 1 atom stereocenters. The quantitative estimate of drug-likeness (QED) is 0.388. The fourth-order valence-corrected chi connectivity index (χ4v) is 5.11. The first-order valence-electron chi connectivity index (χ1n) is 11.1. The van der Waals surface area contributed by atoms with Crippen LogP contribution in [0.25, 0.3) is 0 Å². The molecule has 2 aromatic carbocycles. The highest BCUT2D eigenvalue weighted by atomic mass is 35.5. The first-order valence-corrected chi connectivity index (χ1v) is 14.1. The van der Waals surface area contributed by atoms with E-state index in [1.807, 2.05) is 13.8 Å². The van der Waals surface area contributed by atoms with Crippen LogP contribution in [0.4, 0.5) is 5.69 Å². The molecular formula is C24H30Cl3N3O5S. The number of hydrogen-bond acceptors (Lipinski definition) is 5. The standard InChI is InChI=1S/C24H30Cl3N3O5S/c1-6-21(24(32)28-15(2)3)29(13-16-8-7-9-17(10-16)35-4)23(31)14-30(36(5,33)34)22-12-19(26)18(25)11-20(22)27/h7-12,15,21H,6,13-14H2,1-5H3,(H,28,32)/t21-/m1/s1. The van der Waals surface area contributed by atoms with Crippen molar-refractivity contribution in [3.63, 3.8) is 0 Å². The summed E-state index contributed by atoms with van der Waals surface area (Å²) in [5.74, 6) is -0.363. The number of amides is 2. The third kappa shape index (κ3) is 7.90. The average molecular weight is 579 g/mol. The van der Waals surface area contributed by atoms with Gasteiger partial charge in [-0.25, -0.2) is 8.42 Å². The Hall–Kier alpha value is -2.20. The van der Waals surface area contributed by atoms with Crippen molar-refractivity contribution < 1.29 is 22.7 Å². The van der Waals surface area contributed by atoms with E-state index in [4.69, 9.17) is 39.5 Å². The third-order valence-corrected chi connectivity index (χ3v) is 7.39. The average Bonchev–Trinajstić information content (AvgIpc) is 2.78. The van der Waals surface area contributed by atoms with Crippen LogP contribution >= 0.6 is 34.8 Å². The molecule has 0 aliphatic carbocycles. The molecule has 0 spiro atoms. The second-order valence-corrected chi connectivity index (χ2v) is 11.6. The van der Waals surface area contributed by atoms with E-state index in [0.717, 1.165) is 10.6 Å². The molecule has 0 unspecified atom stereocenters. The number of carbonyl (C=O) groups is 2. The minimum Gasteiger partial charge on any atom is -0.497 e. The van der Waals surface area contributed by atoms with Crippen LogP contribution in [0.3, 0.4) is 0 Å². The minimum absolute atomic E-state index is 0.00271. The largest absolute Gasteiger partial charge is 0.497 e. The van der Waals surface area contributed by atoms with Gasteiger partial charge in [-0.15, -0.1) is 0 Å². The summed E-state index contributed by atoms with van der Waals surface area (Å²) >= 11 is 18.4. The van der Waals surface area contributed by atoms with Gasteiger partial charge >= 0.3 is 0 Å². The van der Waals surface area contributed by atoms with Crippen LogP contribution in [0.1, 0.15) is 32.8 Å². The summed E-state index contributed by atoms with van der Waals surface area (Å²) in [7, 11) is -2.45. The predicted molar refractivity (Wildman–Crippen MR) is 145 cm³/mol. The van der Waals surface area contributed by atoms with Crippen molar-refractivity contribution in [2.75, 3.05) is 24.2 Å². The highest BCUT2D eigenvalue weighted by molar-refractivity contribution is 7.92. The third-order valence-electron chi connectivity index (χ3n) is 5.24. The predicted octanol–water partition coefficient (Wildman–Crippen LogP) is 4.75. The van der Waals surface area contributed by atoms with Gasteiger partial charge in [0.15, 0.2) is 0 Å². The minimum atomic E-state index is -3.97. The Bertz CT molecular complexity index is 1210. The summed E-state index contributed by atoms with van der Waals surface area (Å²) in [5, 5.41) is 3.06. The summed E-state index contributed by atoms with van der Waals surface area (Å²) in [4.78, 5) is 28.1. The zero-order valence-corrected chi connectivity index (χ0v) is 23.8. The molecule has 2 aromatic rings. The highest BCUT2D eigenvalue weighted by Crippen LogP contribution is 2.35. The SMILES string of the molecule is CC[C@H](C(=O)NC(C)C)N(Cc1cccc(OC)c1)C(=O)CN(c1cc(Cl)c(Cl)cc1Cl)S(C)(=O)=O. The summed E-state index contributed by atoms with van der Waals surface area (Å²) in [5.41, 5.74) is 0.708. The molecule has 0 aliphatic heterocycles. The van der Waals surface area contributed by atoms with Gasteiger partial charge in [0.2, 0.25) is 21.8 Å². The lowest BCUT2D eigenvalue weighted by molar-refractivity contribution is -0.140. The van der Waals surface area contributed by atoms with E-state index in [-0.39, 0.29) is 39.2 Å². The molecule has 0 heterocycles. The Morgan fingerprint density at radius 1 is 1.06 bits per heavy atom. The Kier molecular flexibility index (Phi) is 10.7. The van der Waals surface area contributed by atoms with Gasteiger partial charge in [0.05, 0.1) is 34.1 Å². The molecule has 0 fully saturated rings. The van der Waals surface area contributed by atoms with E-state index in [1.54, 1.807) is 31.2 Å². The van der Waals surface area contributed by atoms with Crippen LogP contribution in [0.2, 0.25) is 15.1 Å². The highest BCUT2D eigenvalue weighted by Gasteiger charge is 2.32. The first kappa shape index (κ1) is 30.0. The maximum atomic E-state index is 13.7. The molecule has 8 nitrogen and oxygen atoms in total. The molecule has 0 saturated heterocycles. The number of sulfonamides is 1. The van der Waals surface area contributed by atoms with E-state index in [1.165, 1.54) is 24.1 Å². The summed E-state index contributed by atoms with van der Waals surface area (Å²) in [6.07, 6.45) is 1.26. The zero-order chi connectivity index (χ0) is 27.2. The van der Waals surface area contributed by atoms with Gasteiger partial charge in [0.1, 0.15) is 18.3 Å². The lowest BCUT2D eigenvalue weighted by Gasteiger charge is -2.33. The smallest absolute Gasteiger partial charge is 0.244 e. The topological polar surface area (TPSA) is 96.0 Å². The van der Waals surface area contributed by atoms with Crippen molar-refractivity contribution in [3.05, 3.63) is 57.0 Å². The molecule has 0 bridgehead atoms. The van der Waals surface area contributed by atoms with Crippen molar-refractivity contribution >= 4 is 62.3 Å². The molecule has 1 N–H and O–H groups in total. The van der Waals surface area contributed by atoms with E-state index < -0.39 is 28.5 Å². The molecule has 2 amide bonds. The Morgan fingerprint density at radius 2 is 1.69 bits per heavy atom. The van der Waals surface area contributed by atoms with Gasteiger partial charge in [-0.3, -0.25) is 13.9 Å². The van der Waals surface area contributed by atoms with Gasteiger partial charge in [-0.1, -0.05) is 53.9 Å². The number of hydrogen-bond donors (Lipinski definition) is 1. The monoisotopic (exact) mass is 577 g/mol. The first-order chi connectivity index (χ1) is 16.8. The van der Waals surface area contributed by atoms with Crippen molar-refractivity contribution in [2.24, 2.45) is 0 Å². The van der Waals surface area contributed by atoms with E-state index in [0.29, 0.717) is 17.7 Å². The van der Waals surface area contributed by atoms with Gasteiger partial charge in [-0.2, -0.15) is 0 Å². The number of methoxy groups -OCH3 is 1. The molecule has 12 heteroatoms. The zero-order valence-electron chi connectivity index (χ0n) is 20.7. The Morgan fingerprint density at radius 3 is 2.25 bits per heavy atom. The number of rotatable bonds is 11. The maximum Gasteiger partial charge on any atom is 0.244 e. The number of nitrogens with one attached hydrogen (secondary N) is 1. The summed E-state index contributed by atoms with van der Waals surface area (Å²) in [6.45, 7) is 4.85. The number of anilines is 1. The van der Waals surface area contributed by atoms with Gasteiger partial charge < -0.3 is 15.0 Å². The lowest BCUT2D eigenvalue weighted by Crippen LogP contribution is -2.53. The van der Waals surface area contributed by atoms with Gasteiger partial charge in [0.25, 0.3) is 0 Å². The lowest BCUT2D eigenvalue weighted by atomic mass is 10.1. The fourth-order valence-electron chi connectivity index (χ4n) is 3.57. The molecule has 0 radical (unpaired) electrons. The van der Waals surface area contributed by atoms with Crippen molar-refractivity contribution in [3.8, 4) is 5.75 Å². The molecule has 0 aliphatic rings. The van der Waals surface area contributed by atoms with Crippen LogP contribution in [0.15, 0.2) is 36.4 Å². The molecule has 2 rings (SSSR count).